The Morgan fingerprint density at radius 3 is 2.57 bits per heavy atom. The average molecular weight is 423 g/mol. The molecule has 1 saturated heterocycles. The Labute approximate surface area is 173 Å². The van der Waals surface area contributed by atoms with Crippen molar-refractivity contribution in [1.29, 1.82) is 0 Å². The quantitative estimate of drug-likeness (QED) is 0.520. The summed E-state index contributed by atoms with van der Waals surface area (Å²) in [6.07, 6.45) is 1.79. The van der Waals surface area contributed by atoms with Crippen LogP contribution >= 0.6 is 0 Å². The van der Waals surface area contributed by atoms with Crippen molar-refractivity contribution in [2.24, 2.45) is 0 Å². The number of H-pyrrole nitrogens is 1. The number of ether oxygens (including phenoxy) is 1. The van der Waals surface area contributed by atoms with E-state index in [2.05, 4.69) is 20.4 Å². The van der Waals surface area contributed by atoms with Gasteiger partial charge in [-0.1, -0.05) is 0 Å². The maximum atomic E-state index is 11.6. The Kier molecular flexibility index (Phi) is 4.47. The fourth-order valence-corrected chi connectivity index (χ4v) is 4.96. The molecule has 2 N–H and O–H groups in total. The van der Waals surface area contributed by atoms with Crippen LogP contribution in [0, 0.1) is 0 Å². The van der Waals surface area contributed by atoms with Crippen molar-refractivity contribution in [1.82, 2.24) is 15.2 Å². The molecule has 0 spiro atoms. The number of methoxy groups -OCH3 is 1. The lowest BCUT2D eigenvalue weighted by atomic mass is 10.1. The van der Waals surface area contributed by atoms with E-state index in [1.54, 1.807) is 13.3 Å². The minimum Gasteiger partial charge on any atom is -0.497 e. The van der Waals surface area contributed by atoms with Crippen molar-refractivity contribution < 1.29 is 13.2 Å². The molecule has 0 aliphatic carbocycles. The standard InChI is InChI=1S/C21H21N5O3S/c1-29-16-6-7-19-17(12-16)18-13-22-25-20(18)21(24-19)23-14-2-4-15(5-3-14)26-8-10-30(27,28)11-9-26/h2-7,12-13H,8-11H2,1H3,(H,22,25)(H,23,24). The SMILES string of the molecule is COc1ccc2nc(Nc3ccc(N4CCS(=O)(=O)CC4)cc3)c3[nH]ncc3c2c1. The lowest BCUT2D eigenvalue weighted by molar-refractivity contribution is 0.415. The molecule has 8 nitrogen and oxygen atoms in total. The molecular weight excluding hydrogens is 402 g/mol. The fourth-order valence-electron chi connectivity index (χ4n) is 3.76. The molecule has 9 heteroatoms. The summed E-state index contributed by atoms with van der Waals surface area (Å²) >= 11 is 0. The molecule has 1 fully saturated rings. The average Bonchev–Trinajstić information content (AvgIpc) is 3.25. The molecule has 2 aromatic heterocycles. The summed E-state index contributed by atoms with van der Waals surface area (Å²) in [5.41, 5.74) is 3.57. The van der Waals surface area contributed by atoms with Gasteiger partial charge in [0.2, 0.25) is 0 Å². The van der Waals surface area contributed by atoms with Crippen LogP contribution < -0.4 is 15.0 Å². The molecule has 0 radical (unpaired) electrons. The molecular formula is C21H21N5O3S. The predicted octanol–water partition coefficient (Wildman–Crippen LogP) is 3.10. The van der Waals surface area contributed by atoms with E-state index in [0.29, 0.717) is 18.9 Å². The number of rotatable bonds is 4. The van der Waals surface area contributed by atoms with Gasteiger partial charge in [-0.2, -0.15) is 5.10 Å². The zero-order valence-corrected chi connectivity index (χ0v) is 17.2. The van der Waals surface area contributed by atoms with Gasteiger partial charge in [-0.05, 0) is 42.5 Å². The molecule has 1 aliphatic heterocycles. The van der Waals surface area contributed by atoms with Crippen molar-refractivity contribution in [2.75, 3.05) is 41.9 Å². The van der Waals surface area contributed by atoms with Crippen molar-refractivity contribution in [3.63, 3.8) is 0 Å². The molecule has 3 heterocycles. The summed E-state index contributed by atoms with van der Waals surface area (Å²) in [5, 5.41) is 12.5. The summed E-state index contributed by atoms with van der Waals surface area (Å²) in [6, 6.07) is 13.7. The van der Waals surface area contributed by atoms with Gasteiger partial charge < -0.3 is 15.0 Å². The Bertz CT molecular complexity index is 1320. The smallest absolute Gasteiger partial charge is 0.157 e. The minimum atomic E-state index is -2.89. The summed E-state index contributed by atoms with van der Waals surface area (Å²) in [5.74, 6) is 1.87. The third-order valence-electron chi connectivity index (χ3n) is 5.44. The number of aromatic nitrogens is 3. The van der Waals surface area contributed by atoms with E-state index >= 15 is 0 Å². The molecule has 0 amide bonds. The summed E-state index contributed by atoms with van der Waals surface area (Å²) < 4.78 is 28.6. The second kappa shape index (κ2) is 7.17. The van der Waals surface area contributed by atoms with Gasteiger partial charge in [0.15, 0.2) is 15.7 Å². The van der Waals surface area contributed by atoms with E-state index in [1.807, 2.05) is 42.5 Å². The second-order valence-electron chi connectivity index (χ2n) is 7.31. The van der Waals surface area contributed by atoms with E-state index < -0.39 is 9.84 Å². The van der Waals surface area contributed by atoms with Crippen molar-refractivity contribution in [3.05, 3.63) is 48.7 Å². The first-order chi connectivity index (χ1) is 14.5. The number of nitrogens with zero attached hydrogens (tertiary/aromatic N) is 3. The molecule has 5 rings (SSSR count). The molecule has 2 aromatic carbocycles. The Hall–Kier alpha value is -3.33. The van der Waals surface area contributed by atoms with E-state index in [1.165, 1.54) is 0 Å². The molecule has 0 unspecified atom stereocenters. The topological polar surface area (TPSA) is 100 Å². The highest BCUT2D eigenvalue weighted by Gasteiger charge is 2.21. The third kappa shape index (κ3) is 3.41. The number of hydrogen-bond acceptors (Lipinski definition) is 7. The molecule has 0 saturated carbocycles. The molecule has 154 valence electrons. The van der Waals surface area contributed by atoms with Gasteiger partial charge in [0.05, 0.1) is 30.3 Å². The van der Waals surface area contributed by atoms with Crippen LogP contribution in [0.4, 0.5) is 17.2 Å². The lowest BCUT2D eigenvalue weighted by Gasteiger charge is -2.28. The van der Waals surface area contributed by atoms with E-state index in [0.717, 1.165) is 38.9 Å². The Morgan fingerprint density at radius 1 is 1.07 bits per heavy atom. The number of pyridine rings is 1. The van der Waals surface area contributed by atoms with Crippen molar-refractivity contribution >= 4 is 48.8 Å². The third-order valence-corrected chi connectivity index (χ3v) is 7.05. The van der Waals surface area contributed by atoms with Crippen LogP contribution in [0.15, 0.2) is 48.7 Å². The number of sulfone groups is 1. The lowest BCUT2D eigenvalue weighted by Crippen LogP contribution is -2.40. The van der Waals surface area contributed by atoms with Gasteiger partial charge in [-0.25, -0.2) is 13.4 Å². The molecule has 0 bridgehead atoms. The zero-order valence-electron chi connectivity index (χ0n) is 16.4. The van der Waals surface area contributed by atoms with Crippen LogP contribution in [-0.2, 0) is 9.84 Å². The van der Waals surface area contributed by atoms with E-state index in [9.17, 15) is 8.42 Å². The summed E-state index contributed by atoms with van der Waals surface area (Å²) in [6.45, 7) is 1.05. The number of nitrogens with one attached hydrogen (secondary N) is 2. The van der Waals surface area contributed by atoms with Gasteiger partial charge in [-0.3, -0.25) is 5.10 Å². The van der Waals surface area contributed by atoms with Crippen LogP contribution in [0.25, 0.3) is 21.8 Å². The summed E-state index contributed by atoms with van der Waals surface area (Å²) in [4.78, 5) is 6.86. The first kappa shape index (κ1) is 18.7. The van der Waals surface area contributed by atoms with Crippen molar-refractivity contribution in [3.8, 4) is 5.75 Å². The second-order valence-corrected chi connectivity index (χ2v) is 9.62. The first-order valence-corrected chi connectivity index (χ1v) is 11.5. The first-order valence-electron chi connectivity index (χ1n) is 9.66. The maximum absolute atomic E-state index is 11.6. The zero-order chi connectivity index (χ0) is 20.7. The predicted molar refractivity (Wildman–Crippen MR) is 119 cm³/mol. The fraction of sp³-hybridized carbons (Fsp3) is 0.238. The van der Waals surface area contributed by atoms with Crippen LogP contribution in [0.5, 0.6) is 5.75 Å². The largest absolute Gasteiger partial charge is 0.497 e. The summed E-state index contributed by atoms with van der Waals surface area (Å²) in [7, 11) is -1.25. The highest BCUT2D eigenvalue weighted by Crippen LogP contribution is 2.32. The van der Waals surface area contributed by atoms with E-state index in [-0.39, 0.29) is 11.5 Å². The Morgan fingerprint density at radius 2 is 1.83 bits per heavy atom. The number of aromatic amines is 1. The van der Waals surface area contributed by atoms with Crippen LogP contribution in [0.2, 0.25) is 0 Å². The number of benzene rings is 2. The monoisotopic (exact) mass is 423 g/mol. The van der Waals surface area contributed by atoms with Crippen molar-refractivity contribution in [2.45, 2.75) is 0 Å². The molecule has 30 heavy (non-hydrogen) atoms. The maximum Gasteiger partial charge on any atom is 0.157 e. The Balaban J connectivity index is 1.43. The highest BCUT2D eigenvalue weighted by atomic mass is 32.2. The number of fused-ring (bicyclic) bond motifs is 3. The van der Waals surface area contributed by atoms with Crippen LogP contribution in [-0.4, -0.2) is 55.3 Å². The number of anilines is 3. The van der Waals surface area contributed by atoms with Crippen LogP contribution in [0.3, 0.4) is 0 Å². The van der Waals surface area contributed by atoms with Gasteiger partial charge in [0, 0.05) is 35.2 Å². The van der Waals surface area contributed by atoms with Gasteiger partial charge in [0.1, 0.15) is 11.3 Å². The van der Waals surface area contributed by atoms with Gasteiger partial charge in [-0.15, -0.1) is 0 Å². The van der Waals surface area contributed by atoms with E-state index in [4.69, 9.17) is 9.72 Å². The van der Waals surface area contributed by atoms with Crippen LogP contribution in [0.1, 0.15) is 0 Å². The minimum absolute atomic E-state index is 0.205. The molecule has 1 aliphatic rings. The molecule has 4 aromatic rings. The van der Waals surface area contributed by atoms with Gasteiger partial charge in [0.25, 0.3) is 0 Å². The normalized spacial score (nSPS) is 16.1. The van der Waals surface area contributed by atoms with Gasteiger partial charge >= 0.3 is 0 Å². The number of hydrogen-bond donors (Lipinski definition) is 2. The molecule has 0 atom stereocenters. The highest BCUT2D eigenvalue weighted by molar-refractivity contribution is 7.91.